The van der Waals surface area contributed by atoms with E-state index < -0.39 is 5.97 Å². The fraction of sp³-hybridized carbons (Fsp3) is 0.867. The fourth-order valence-corrected chi connectivity index (χ4v) is 2.87. The molecule has 0 bridgehead atoms. The third kappa shape index (κ3) is 5.28. The van der Waals surface area contributed by atoms with Crippen LogP contribution in [0.25, 0.3) is 0 Å². The number of likely N-dealkylation sites (N-methyl/N-ethyl adjacent to an activating group) is 2. The smallest absolute Gasteiger partial charge is 0.317 e. The van der Waals surface area contributed by atoms with Gasteiger partial charge >= 0.3 is 5.97 Å². The topological polar surface area (TPSA) is 72.9 Å². The Balaban J connectivity index is 2.39. The van der Waals surface area contributed by atoms with Crippen molar-refractivity contribution in [3.63, 3.8) is 0 Å². The molecule has 0 saturated heterocycles. The van der Waals surface area contributed by atoms with E-state index >= 15 is 0 Å². The number of nitrogens with one attached hydrogen (secondary N) is 1. The average molecular weight is 299 g/mol. The van der Waals surface area contributed by atoms with Gasteiger partial charge in [-0.15, -0.1) is 0 Å². The minimum Gasteiger partial charge on any atom is -0.480 e. The van der Waals surface area contributed by atoms with Gasteiger partial charge in [0.2, 0.25) is 5.91 Å². The molecule has 6 heteroatoms. The van der Waals surface area contributed by atoms with Crippen LogP contribution in [0.5, 0.6) is 0 Å². The third-order valence-electron chi connectivity index (χ3n) is 4.21. The van der Waals surface area contributed by atoms with E-state index in [1.165, 1.54) is 0 Å². The maximum absolute atomic E-state index is 12.2. The number of amides is 1. The van der Waals surface area contributed by atoms with Gasteiger partial charge in [0.05, 0.1) is 12.6 Å². The summed E-state index contributed by atoms with van der Waals surface area (Å²) >= 11 is 0. The van der Waals surface area contributed by atoms with E-state index in [1.54, 1.807) is 0 Å². The van der Waals surface area contributed by atoms with Gasteiger partial charge in [0.25, 0.3) is 0 Å². The maximum atomic E-state index is 12.2. The highest BCUT2D eigenvalue weighted by Gasteiger charge is 2.35. The standard InChI is InChI=1S/C15H29N3O3/c1-5-7-13(17(3)4)15(21)16-11-8-12(9-11)18(6-2)10-14(19)20/h11-13H,5-10H2,1-4H3,(H,16,21)(H,19,20). The second-order valence-electron chi connectivity index (χ2n) is 6.06. The van der Waals surface area contributed by atoms with E-state index in [2.05, 4.69) is 12.2 Å². The van der Waals surface area contributed by atoms with Gasteiger partial charge in [0.15, 0.2) is 0 Å². The Kier molecular flexibility index (Phi) is 7.11. The minimum absolute atomic E-state index is 0.0738. The zero-order valence-corrected chi connectivity index (χ0v) is 13.6. The Hall–Kier alpha value is -1.14. The Labute approximate surface area is 127 Å². The number of carbonyl (C=O) groups excluding carboxylic acids is 1. The highest BCUT2D eigenvalue weighted by Crippen LogP contribution is 2.25. The Morgan fingerprint density at radius 1 is 1.29 bits per heavy atom. The molecule has 0 aromatic heterocycles. The van der Waals surface area contributed by atoms with Crippen molar-refractivity contribution in [1.29, 1.82) is 0 Å². The molecule has 0 heterocycles. The van der Waals surface area contributed by atoms with Gasteiger partial charge in [-0.2, -0.15) is 0 Å². The van der Waals surface area contributed by atoms with E-state index in [0.29, 0.717) is 0 Å². The molecule has 1 unspecified atom stereocenters. The van der Waals surface area contributed by atoms with Gasteiger partial charge in [-0.1, -0.05) is 20.3 Å². The van der Waals surface area contributed by atoms with Crippen molar-refractivity contribution in [2.24, 2.45) is 0 Å². The molecule has 6 nitrogen and oxygen atoms in total. The van der Waals surface area contributed by atoms with Crippen molar-refractivity contribution in [1.82, 2.24) is 15.1 Å². The average Bonchev–Trinajstić information content (AvgIpc) is 2.36. The molecule has 2 N–H and O–H groups in total. The van der Waals surface area contributed by atoms with Crippen LogP contribution in [-0.4, -0.2) is 72.1 Å². The zero-order valence-electron chi connectivity index (χ0n) is 13.6. The minimum atomic E-state index is -0.792. The number of nitrogens with zero attached hydrogens (tertiary/aromatic N) is 2. The third-order valence-corrected chi connectivity index (χ3v) is 4.21. The number of hydrogen-bond donors (Lipinski definition) is 2. The molecule has 21 heavy (non-hydrogen) atoms. The number of aliphatic carboxylic acids is 1. The summed E-state index contributed by atoms with van der Waals surface area (Å²) in [7, 11) is 3.85. The summed E-state index contributed by atoms with van der Waals surface area (Å²) in [5.74, 6) is -0.702. The largest absolute Gasteiger partial charge is 0.480 e. The maximum Gasteiger partial charge on any atom is 0.317 e. The lowest BCUT2D eigenvalue weighted by atomic mass is 9.85. The molecule has 0 spiro atoms. The number of carboxylic acid groups (broad SMARTS) is 1. The summed E-state index contributed by atoms with van der Waals surface area (Å²) in [6.07, 6.45) is 3.53. The molecule has 0 radical (unpaired) electrons. The lowest BCUT2D eigenvalue weighted by molar-refractivity contribution is -0.140. The summed E-state index contributed by atoms with van der Waals surface area (Å²) in [5, 5.41) is 12.0. The molecule has 1 aliphatic carbocycles. The molecular formula is C15H29N3O3. The van der Waals surface area contributed by atoms with Crippen molar-refractivity contribution < 1.29 is 14.7 Å². The normalized spacial score (nSPS) is 23.0. The van der Waals surface area contributed by atoms with Gasteiger partial charge in [-0.25, -0.2) is 0 Å². The van der Waals surface area contributed by atoms with Crippen molar-refractivity contribution in [2.75, 3.05) is 27.2 Å². The second kappa shape index (κ2) is 8.34. The van der Waals surface area contributed by atoms with Crippen LogP contribution in [0.3, 0.4) is 0 Å². The van der Waals surface area contributed by atoms with Crippen LogP contribution in [0.15, 0.2) is 0 Å². The van der Waals surface area contributed by atoms with Crippen LogP contribution in [0.1, 0.15) is 39.5 Å². The summed E-state index contributed by atoms with van der Waals surface area (Å²) in [4.78, 5) is 26.9. The molecule has 1 amide bonds. The molecule has 0 aliphatic heterocycles. The van der Waals surface area contributed by atoms with Crippen molar-refractivity contribution in [3.8, 4) is 0 Å². The summed E-state index contributed by atoms with van der Waals surface area (Å²) in [5.41, 5.74) is 0. The van der Waals surface area contributed by atoms with Crippen LogP contribution in [0.4, 0.5) is 0 Å². The van der Waals surface area contributed by atoms with E-state index in [9.17, 15) is 9.59 Å². The van der Waals surface area contributed by atoms with Gasteiger partial charge in [0.1, 0.15) is 0 Å². The van der Waals surface area contributed by atoms with Crippen LogP contribution >= 0.6 is 0 Å². The number of carbonyl (C=O) groups is 2. The predicted molar refractivity (Wildman–Crippen MR) is 82.2 cm³/mol. The SMILES string of the molecule is CCCC(C(=O)NC1CC(N(CC)CC(=O)O)C1)N(C)C. The summed E-state index contributed by atoms with van der Waals surface area (Å²) < 4.78 is 0. The summed E-state index contributed by atoms with van der Waals surface area (Å²) in [6.45, 7) is 4.86. The Bertz CT molecular complexity index is 354. The fourth-order valence-electron chi connectivity index (χ4n) is 2.87. The van der Waals surface area contributed by atoms with E-state index in [0.717, 1.165) is 32.2 Å². The molecule has 0 aromatic rings. The van der Waals surface area contributed by atoms with E-state index in [4.69, 9.17) is 5.11 Å². The summed E-state index contributed by atoms with van der Waals surface area (Å²) in [6, 6.07) is 0.389. The molecule has 1 aliphatic rings. The number of carboxylic acids is 1. The highest BCUT2D eigenvalue weighted by atomic mass is 16.4. The quantitative estimate of drug-likeness (QED) is 0.658. The molecule has 122 valence electrons. The zero-order chi connectivity index (χ0) is 16.0. The first-order valence-corrected chi connectivity index (χ1v) is 7.81. The van der Waals surface area contributed by atoms with Gasteiger partial charge in [-0.05, 0) is 39.9 Å². The number of hydrogen-bond acceptors (Lipinski definition) is 4. The molecule has 1 rings (SSSR count). The van der Waals surface area contributed by atoms with Crippen LogP contribution in [0, 0.1) is 0 Å². The van der Waals surface area contributed by atoms with Gasteiger partial charge < -0.3 is 10.4 Å². The van der Waals surface area contributed by atoms with Crippen molar-refractivity contribution in [3.05, 3.63) is 0 Å². The first-order valence-electron chi connectivity index (χ1n) is 7.81. The van der Waals surface area contributed by atoms with Crippen molar-refractivity contribution in [2.45, 2.75) is 57.7 Å². The first kappa shape index (κ1) is 17.9. The highest BCUT2D eigenvalue weighted by molar-refractivity contribution is 5.82. The van der Waals surface area contributed by atoms with Crippen LogP contribution < -0.4 is 5.32 Å². The molecule has 1 fully saturated rings. The van der Waals surface area contributed by atoms with Gasteiger partial charge in [-0.3, -0.25) is 19.4 Å². The Morgan fingerprint density at radius 3 is 2.33 bits per heavy atom. The molecule has 1 saturated carbocycles. The molecule has 0 aromatic carbocycles. The van der Waals surface area contributed by atoms with E-state index in [1.807, 2.05) is 30.8 Å². The Morgan fingerprint density at radius 2 is 1.90 bits per heavy atom. The van der Waals surface area contributed by atoms with E-state index in [-0.39, 0.29) is 30.6 Å². The monoisotopic (exact) mass is 299 g/mol. The van der Waals surface area contributed by atoms with Crippen LogP contribution in [0.2, 0.25) is 0 Å². The molecular weight excluding hydrogens is 270 g/mol. The lowest BCUT2D eigenvalue weighted by Gasteiger charge is -2.42. The number of rotatable bonds is 9. The predicted octanol–water partition coefficient (Wildman–Crippen LogP) is 0.770. The first-order chi connectivity index (χ1) is 9.88. The van der Waals surface area contributed by atoms with Crippen LogP contribution in [-0.2, 0) is 9.59 Å². The second-order valence-corrected chi connectivity index (χ2v) is 6.06. The lowest BCUT2D eigenvalue weighted by Crippen LogP contribution is -2.57. The van der Waals surface area contributed by atoms with Crippen molar-refractivity contribution >= 4 is 11.9 Å². The molecule has 1 atom stereocenters. The van der Waals surface area contributed by atoms with Gasteiger partial charge in [0, 0.05) is 12.1 Å².